The quantitative estimate of drug-likeness (QED) is 0.113. The number of nitrogens with one attached hydrogen (secondary N) is 2. The molecule has 0 bridgehead atoms. The number of esters is 1. The van der Waals surface area contributed by atoms with Crippen molar-refractivity contribution in [2.75, 3.05) is 33.3 Å². The molecule has 0 radical (unpaired) electrons. The number of aliphatic imine (C=N–C) groups is 1. The van der Waals surface area contributed by atoms with Crippen molar-refractivity contribution in [1.82, 2.24) is 15.5 Å². The van der Waals surface area contributed by atoms with Crippen LogP contribution in [0.1, 0.15) is 122 Å². The molecule has 18 atom stereocenters. The van der Waals surface area contributed by atoms with Crippen LogP contribution in [0.3, 0.4) is 0 Å². The lowest BCUT2D eigenvalue weighted by Crippen LogP contribution is -2.70. The van der Waals surface area contributed by atoms with E-state index in [1.165, 1.54) is 6.92 Å². The Balaban J connectivity index is 1.60. The van der Waals surface area contributed by atoms with E-state index in [9.17, 15) is 25.2 Å². The van der Waals surface area contributed by atoms with Crippen LogP contribution in [0.15, 0.2) is 35.3 Å². The van der Waals surface area contributed by atoms with E-state index in [4.69, 9.17) is 38.2 Å². The highest BCUT2D eigenvalue weighted by molar-refractivity contribution is 5.79. The Morgan fingerprint density at radius 3 is 2.27 bits per heavy atom. The summed E-state index contributed by atoms with van der Waals surface area (Å²) in [5.41, 5.74) is -5.23. The molecule has 1 aromatic rings. The van der Waals surface area contributed by atoms with Gasteiger partial charge in [-0.1, -0.05) is 59.7 Å². The fourth-order valence-corrected chi connectivity index (χ4v) is 10.8. The monoisotopic (exact) mass is 935 g/mol. The first kappa shape index (κ1) is 54.5. The number of cyclic esters (lactones) is 1. The smallest absolute Gasteiger partial charge is 0.311 e. The van der Waals surface area contributed by atoms with Gasteiger partial charge in [-0.05, 0) is 111 Å². The molecule has 66 heavy (non-hydrogen) atoms. The number of para-hydroxylation sites is 1. The van der Waals surface area contributed by atoms with Gasteiger partial charge in [0.05, 0.1) is 47.7 Å². The minimum Gasteiger partial charge on any atom is -0.459 e. The van der Waals surface area contributed by atoms with Crippen LogP contribution < -0.4 is 10.6 Å². The molecule has 16 heteroatoms. The Morgan fingerprint density at radius 1 is 0.970 bits per heavy atom. The number of benzene rings is 1. The molecule has 16 nitrogen and oxygen atoms in total. The van der Waals surface area contributed by atoms with Gasteiger partial charge in [0.25, 0.3) is 6.02 Å². The first-order valence-corrected chi connectivity index (χ1v) is 24.7. The number of ether oxygens (including phenoxy) is 7. The van der Waals surface area contributed by atoms with E-state index >= 15 is 0 Å². The summed E-state index contributed by atoms with van der Waals surface area (Å²) in [7, 11) is 1.55. The molecule has 4 aliphatic heterocycles. The van der Waals surface area contributed by atoms with Gasteiger partial charge in [0.1, 0.15) is 29.0 Å². The number of nitrogens with zero attached hydrogens (tertiary/aromatic N) is 2. The third kappa shape index (κ3) is 12.1. The molecule has 0 spiro atoms. The van der Waals surface area contributed by atoms with Crippen molar-refractivity contribution in [3.8, 4) is 0 Å². The van der Waals surface area contributed by atoms with E-state index in [1.807, 2.05) is 58.0 Å². The molecule has 4 aliphatic rings. The lowest BCUT2D eigenvalue weighted by Gasteiger charge is -2.53. The molecule has 0 aromatic heterocycles. The second-order valence-electron chi connectivity index (χ2n) is 21.1. The first-order chi connectivity index (χ1) is 30.9. The van der Waals surface area contributed by atoms with Crippen molar-refractivity contribution in [1.29, 1.82) is 0 Å². The molecule has 6 N–H and O–H groups in total. The molecule has 378 valence electrons. The van der Waals surface area contributed by atoms with Crippen LogP contribution in [-0.2, 0) is 38.0 Å². The van der Waals surface area contributed by atoms with E-state index in [2.05, 4.69) is 36.3 Å². The molecule has 4 heterocycles. The number of aliphatic hydroxyl groups is 4. The van der Waals surface area contributed by atoms with E-state index in [1.54, 1.807) is 41.7 Å². The zero-order valence-corrected chi connectivity index (χ0v) is 42.4. The van der Waals surface area contributed by atoms with Gasteiger partial charge < -0.3 is 69.1 Å². The van der Waals surface area contributed by atoms with Crippen LogP contribution in [0.2, 0.25) is 0 Å². The first-order valence-electron chi connectivity index (χ1n) is 24.7. The molecule has 0 saturated carbocycles. The molecule has 4 fully saturated rings. The summed E-state index contributed by atoms with van der Waals surface area (Å²) in [6.07, 6.45) is -6.02. The maximum atomic E-state index is 14.6. The number of hydrogen-bond donors (Lipinski definition) is 6. The normalized spacial score (nSPS) is 43.8. The van der Waals surface area contributed by atoms with E-state index in [0.717, 1.165) is 12.1 Å². The Morgan fingerprint density at radius 2 is 1.65 bits per heavy atom. The number of carbonyl (C=O) groups excluding carboxylic acids is 1. The van der Waals surface area contributed by atoms with Crippen molar-refractivity contribution < 1.29 is 58.4 Å². The molecular formula is C50H86N4O12. The van der Waals surface area contributed by atoms with Gasteiger partial charge in [-0.15, -0.1) is 0 Å². The number of hydrogen-bond acceptors (Lipinski definition) is 15. The van der Waals surface area contributed by atoms with E-state index in [0.29, 0.717) is 32.1 Å². The highest BCUT2D eigenvalue weighted by Gasteiger charge is 2.59. The Kier molecular flexibility index (Phi) is 18.6. The maximum absolute atomic E-state index is 14.6. The summed E-state index contributed by atoms with van der Waals surface area (Å²) in [4.78, 5) is 21.8. The Bertz CT molecular complexity index is 1720. The van der Waals surface area contributed by atoms with Crippen LogP contribution in [0, 0.1) is 23.7 Å². The van der Waals surface area contributed by atoms with E-state index < -0.39 is 95.5 Å². The molecule has 0 amide bonds. The van der Waals surface area contributed by atoms with Gasteiger partial charge in [-0.25, -0.2) is 0 Å². The lowest BCUT2D eigenvalue weighted by molar-refractivity contribution is -0.335. The third-order valence-corrected chi connectivity index (χ3v) is 14.8. The second-order valence-corrected chi connectivity index (χ2v) is 21.1. The predicted molar refractivity (Wildman–Crippen MR) is 252 cm³/mol. The second kappa shape index (κ2) is 22.5. The zero-order chi connectivity index (χ0) is 48.9. The number of amidine groups is 1. The number of carbonyl (C=O) groups is 1. The van der Waals surface area contributed by atoms with Gasteiger partial charge in [0.15, 0.2) is 18.7 Å². The summed E-state index contributed by atoms with van der Waals surface area (Å²) >= 11 is 0. The molecular weight excluding hydrogens is 849 g/mol. The highest BCUT2D eigenvalue weighted by atomic mass is 16.7. The van der Waals surface area contributed by atoms with Crippen molar-refractivity contribution in [3.05, 3.63) is 30.3 Å². The zero-order valence-electron chi connectivity index (χ0n) is 42.4. The topological polar surface area (TPSA) is 202 Å². The minimum absolute atomic E-state index is 0.0974. The molecule has 5 rings (SSSR count). The molecule has 4 saturated heterocycles. The van der Waals surface area contributed by atoms with Crippen LogP contribution >= 0.6 is 0 Å². The van der Waals surface area contributed by atoms with Crippen molar-refractivity contribution >= 4 is 17.7 Å². The van der Waals surface area contributed by atoms with Crippen LogP contribution in [0.4, 0.5) is 5.69 Å². The minimum atomic E-state index is -1.82. The average Bonchev–Trinajstić information content (AvgIpc) is 3.58. The largest absolute Gasteiger partial charge is 0.459 e. The predicted octanol–water partition coefficient (Wildman–Crippen LogP) is 5.05. The summed E-state index contributed by atoms with van der Waals surface area (Å²) < 4.78 is 46.4. The standard InChI is InChI=1S/C50H86N4O12/c1-15-22-51-28-50(59)35(10)62-39(25-48(50,12)60-14)64-40-32(7)43(47(11,57)24-30(5)26-52-34(9)42(55)49(13,58)38(16-2)63-44(56)33(40)8)66-45-41-37(23-31(6)61-45)54(27-29(3)4)46(65-41)53-36-20-18-17-19-21-36/h17-21,29-35,37-43,45,51-52,55,57-59H,15-16,22-28H2,1-14H3/t30-,31-,32+,33-,34-,35+,37+,38-,39+,40+,41-,42-,43-,45+,47-,48-,49-,50+/m1/s1. The number of methoxy groups -OCH3 is 1. The van der Waals surface area contributed by atoms with Gasteiger partial charge in [-0.3, -0.25) is 4.79 Å². The summed E-state index contributed by atoms with van der Waals surface area (Å²) in [5.74, 6) is -2.36. The van der Waals surface area contributed by atoms with Crippen molar-refractivity contribution in [3.63, 3.8) is 0 Å². The number of rotatable bonds is 13. The Hall–Kier alpha value is -2.48. The summed E-state index contributed by atoms with van der Waals surface area (Å²) in [6.45, 7) is 26.3. The van der Waals surface area contributed by atoms with Crippen LogP contribution in [0.5, 0.6) is 0 Å². The summed E-state index contributed by atoms with van der Waals surface area (Å²) in [6, 6.07) is 9.38. The maximum Gasteiger partial charge on any atom is 0.311 e. The number of fused-ring (bicyclic) bond motifs is 1. The van der Waals surface area contributed by atoms with Gasteiger partial charge in [0.2, 0.25) is 0 Å². The SMILES string of the molecule is CCCNC[C@]1(O)[C@H](C)O[C@@H](O[C@H]2[C@H](C)[C@@H](O[C@@H]3O[C@H](C)C[C@H]4[C@H]3OC(=Nc3ccccc3)N4CC(C)C)[C@](C)(O)C[C@@H](C)CN[C@H](C)[C@@H](O)[C@](C)(O)[C@@H](CC)OC(=O)[C@@H]2C)C[C@@]1(C)OC. The van der Waals surface area contributed by atoms with Crippen molar-refractivity contribution in [2.45, 2.75) is 212 Å². The highest BCUT2D eigenvalue weighted by Crippen LogP contribution is 2.44. The van der Waals surface area contributed by atoms with Gasteiger partial charge in [-0.2, -0.15) is 4.99 Å². The Labute approximate surface area is 394 Å². The fraction of sp³-hybridized carbons (Fsp3) is 0.840. The van der Waals surface area contributed by atoms with Crippen LogP contribution in [0.25, 0.3) is 0 Å². The van der Waals surface area contributed by atoms with E-state index in [-0.39, 0.29) is 49.8 Å². The van der Waals surface area contributed by atoms with Crippen LogP contribution in [-0.4, -0.2) is 160 Å². The van der Waals surface area contributed by atoms with Crippen molar-refractivity contribution in [2.24, 2.45) is 28.7 Å². The fourth-order valence-electron chi connectivity index (χ4n) is 10.8. The molecule has 1 aromatic carbocycles. The van der Waals surface area contributed by atoms with Gasteiger partial charge in [0, 0.05) is 38.6 Å². The number of aliphatic hydroxyl groups excluding tert-OH is 1. The molecule has 0 aliphatic carbocycles. The lowest BCUT2D eigenvalue weighted by atomic mass is 9.75. The third-order valence-electron chi connectivity index (χ3n) is 14.8. The average molecular weight is 935 g/mol. The molecule has 0 unspecified atom stereocenters. The summed E-state index contributed by atoms with van der Waals surface area (Å²) in [5, 5.41) is 55.2. The van der Waals surface area contributed by atoms with Gasteiger partial charge >= 0.3 is 5.97 Å².